The summed E-state index contributed by atoms with van der Waals surface area (Å²) in [6, 6.07) is 0. The van der Waals surface area contributed by atoms with Gasteiger partial charge in [0.2, 0.25) is 0 Å². The lowest BCUT2D eigenvalue weighted by Gasteiger charge is -2.16. The molecular weight excluding hydrogens is 268 g/mol. The van der Waals surface area contributed by atoms with Crippen LogP contribution in [-0.2, 0) is 0 Å². The highest BCUT2D eigenvalue weighted by Crippen LogP contribution is 2.31. The fourth-order valence-corrected chi connectivity index (χ4v) is 4.81. The molecule has 0 unspecified atom stereocenters. The summed E-state index contributed by atoms with van der Waals surface area (Å²) in [5.41, 5.74) is 0. The minimum absolute atomic E-state index is 0.769. The summed E-state index contributed by atoms with van der Waals surface area (Å²) in [6.45, 7) is 9.21. The Hall–Kier alpha value is 0.700. The summed E-state index contributed by atoms with van der Waals surface area (Å²) in [5, 5.41) is 0.769. The SMILES string of the molecule is CCCCCCC(CCCCCC)CSSC(C)C. The van der Waals surface area contributed by atoms with Crippen molar-refractivity contribution in [3.8, 4) is 0 Å². The van der Waals surface area contributed by atoms with Gasteiger partial charge >= 0.3 is 0 Å². The summed E-state index contributed by atoms with van der Waals surface area (Å²) in [5.74, 6) is 2.35. The summed E-state index contributed by atoms with van der Waals surface area (Å²) >= 11 is 0. The van der Waals surface area contributed by atoms with E-state index in [0.29, 0.717) is 0 Å². The molecule has 116 valence electrons. The van der Waals surface area contributed by atoms with E-state index >= 15 is 0 Å². The first-order valence-corrected chi connectivity index (χ1v) is 10.9. The average Bonchev–Trinajstić information content (AvgIpc) is 2.38. The Labute approximate surface area is 130 Å². The summed E-state index contributed by atoms with van der Waals surface area (Å²) in [4.78, 5) is 0. The van der Waals surface area contributed by atoms with Crippen LogP contribution in [0.2, 0.25) is 0 Å². The van der Waals surface area contributed by atoms with Crippen molar-refractivity contribution < 1.29 is 0 Å². The molecule has 0 aliphatic carbocycles. The van der Waals surface area contributed by atoms with Gasteiger partial charge in [0.05, 0.1) is 0 Å². The molecule has 0 nitrogen and oxygen atoms in total. The van der Waals surface area contributed by atoms with Crippen LogP contribution in [0.3, 0.4) is 0 Å². The Balaban J connectivity index is 3.72. The first-order valence-electron chi connectivity index (χ1n) is 8.48. The zero-order valence-electron chi connectivity index (χ0n) is 13.7. The Morgan fingerprint density at radius 2 is 1.26 bits per heavy atom. The van der Waals surface area contributed by atoms with E-state index in [9.17, 15) is 0 Å². The fourth-order valence-electron chi connectivity index (χ4n) is 2.30. The van der Waals surface area contributed by atoms with E-state index in [2.05, 4.69) is 49.3 Å². The predicted molar refractivity (Wildman–Crippen MR) is 96.2 cm³/mol. The van der Waals surface area contributed by atoms with Gasteiger partial charge in [-0.15, -0.1) is 0 Å². The molecule has 0 aliphatic rings. The topological polar surface area (TPSA) is 0 Å². The van der Waals surface area contributed by atoms with E-state index in [1.807, 2.05) is 0 Å². The Morgan fingerprint density at radius 3 is 1.68 bits per heavy atom. The quantitative estimate of drug-likeness (QED) is 0.243. The minimum Gasteiger partial charge on any atom is -0.0936 e. The highest BCUT2D eigenvalue weighted by molar-refractivity contribution is 8.76. The second-order valence-electron chi connectivity index (χ2n) is 5.99. The molecule has 0 rings (SSSR count). The molecule has 0 aromatic heterocycles. The van der Waals surface area contributed by atoms with Gasteiger partial charge in [-0.2, -0.15) is 0 Å². The molecule has 0 aromatic carbocycles. The first kappa shape index (κ1) is 19.7. The van der Waals surface area contributed by atoms with E-state index in [1.165, 1.54) is 70.0 Å². The first-order chi connectivity index (χ1) is 9.20. The molecular formula is C17H36S2. The largest absolute Gasteiger partial charge is 0.0936 e. The molecule has 0 atom stereocenters. The average molecular weight is 305 g/mol. The standard InChI is InChI=1S/C17H36S2/c1-5-7-9-11-13-17(14-12-10-8-6-2)15-18-19-16(3)4/h16-17H,5-15H2,1-4H3. The molecule has 0 bridgehead atoms. The van der Waals surface area contributed by atoms with E-state index in [1.54, 1.807) is 0 Å². The maximum atomic E-state index is 2.30. The Morgan fingerprint density at radius 1 is 0.737 bits per heavy atom. The van der Waals surface area contributed by atoms with E-state index in [0.717, 1.165) is 11.2 Å². The molecule has 19 heavy (non-hydrogen) atoms. The van der Waals surface area contributed by atoms with Crippen molar-refractivity contribution in [2.24, 2.45) is 5.92 Å². The van der Waals surface area contributed by atoms with Crippen LogP contribution in [0, 0.1) is 5.92 Å². The van der Waals surface area contributed by atoms with Crippen LogP contribution in [0.1, 0.15) is 91.9 Å². The van der Waals surface area contributed by atoms with Gasteiger partial charge in [0, 0.05) is 11.0 Å². The highest BCUT2D eigenvalue weighted by atomic mass is 33.1. The van der Waals surface area contributed by atoms with Gasteiger partial charge in [0.15, 0.2) is 0 Å². The fraction of sp³-hybridized carbons (Fsp3) is 1.00. The van der Waals surface area contributed by atoms with E-state index in [4.69, 9.17) is 0 Å². The summed E-state index contributed by atoms with van der Waals surface area (Å²) in [7, 11) is 4.18. The smallest absolute Gasteiger partial charge is 0.00944 e. The van der Waals surface area contributed by atoms with Crippen LogP contribution in [0.4, 0.5) is 0 Å². The third-order valence-electron chi connectivity index (χ3n) is 3.50. The van der Waals surface area contributed by atoms with Gasteiger partial charge in [-0.3, -0.25) is 0 Å². The molecule has 0 aliphatic heterocycles. The maximum Gasteiger partial charge on any atom is 0.00944 e. The summed E-state index contributed by atoms with van der Waals surface area (Å²) in [6.07, 6.45) is 14.3. The number of rotatable bonds is 14. The number of hydrogen-bond donors (Lipinski definition) is 0. The van der Waals surface area contributed by atoms with Gasteiger partial charge in [0.25, 0.3) is 0 Å². The van der Waals surface area contributed by atoms with Crippen LogP contribution in [0.5, 0.6) is 0 Å². The molecule has 0 heterocycles. The van der Waals surface area contributed by atoms with Crippen molar-refractivity contribution in [2.45, 2.75) is 97.2 Å². The zero-order chi connectivity index (χ0) is 14.3. The second-order valence-corrected chi connectivity index (χ2v) is 8.98. The van der Waals surface area contributed by atoms with Crippen molar-refractivity contribution >= 4 is 21.6 Å². The molecule has 0 aromatic rings. The molecule has 0 radical (unpaired) electrons. The monoisotopic (exact) mass is 304 g/mol. The molecule has 0 saturated carbocycles. The Bertz CT molecular complexity index is 157. The second kappa shape index (κ2) is 15.1. The molecule has 0 amide bonds. The maximum absolute atomic E-state index is 2.30. The lowest BCUT2D eigenvalue weighted by atomic mass is 9.96. The van der Waals surface area contributed by atoms with Crippen molar-refractivity contribution in [2.75, 3.05) is 5.75 Å². The minimum atomic E-state index is 0.769. The van der Waals surface area contributed by atoms with Crippen LogP contribution in [0.15, 0.2) is 0 Å². The molecule has 0 N–H and O–H groups in total. The van der Waals surface area contributed by atoms with Crippen LogP contribution in [-0.4, -0.2) is 11.0 Å². The number of unbranched alkanes of at least 4 members (excludes halogenated alkanes) is 6. The predicted octanol–water partition coefficient (Wildman–Crippen LogP) is 7.33. The Kier molecular flexibility index (Phi) is 15.7. The third-order valence-corrected chi connectivity index (χ3v) is 6.60. The van der Waals surface area contributed by atoms with Gasteiger partial charge in [-0.25, -0.2) is 0 Å². The van der Waals surface area contributed by atoms with Crippen molar-refractivity contribution in [1.82, 2.24) is 0 Å². The third kappa shape index (κ3) is 14.9. The highest BCUT2D eigenvalue weighted by Gasteiger charge is 2.09. The van der Waals surface area contributed by atoms with E-state index in [-0.39, 0.29) is 0 Å². The van der Waals surface area contributed by atoms with Crippen LogP contribution >= 0.6 is 21.6 Å². The zero-order valence-corrected chi connectivity index (χ0v) is 15.4. The van der Waals surface area contributed by atoms with Gasteiger partial charge in [0.1, 0.15) is 0 Å². The van der Waals surface area contributed by atoms with Crippen LogP contribution < -0.4 is 0 Å². The van der Waals surface area contributed by atoms with Crippen molar-refractivity contribution in [3.63, 3.8) is 0 Å². The molecule has 0 saturated heterocycles. The molecule has 0 spiro atoms. The number of hydrogen-bond acceptors (Lipinski definition) is 2. The van der Waals surface area contributed by atoms with Crippen molar-refractivity contribution in [3.05, 3.63) is 0 Å². The van der Waals surface area contributed by atoms with Crippen LogP contribution in [0.25, 0.3) is 0 Å². The normalized spacial score (nSPS) is 11.7. The van der Waals surface area contributed by atoms with E-state index < -0.39 is 0 Å². The van der Waals surface area contributed by atoms with Crippen molar-refractivity contribution in [1.29, 1.82) is 0 Å². The molecule has 2 heteroatoms. The lowest BCUT2D eigenvalue weighted by Crippen LogP contribution is -2.04. The van der Waals surface area contributed by atoms with Gasteiger partial charge < -0.3 is 0 Å². The van der Waals surface area contributed by atoms with Gasteiger partial charge in [-0.1, -0.05) is 101 Å². The van der Waals surface area contributed by atoms with Gasteiger partial charge in [-0.05, 0) is 18.8 Å². The summed E-state index contributed by atoms with van der Waals surface area (Å²) < 4.78 is 0. The molecule has 0 fully saturated rings. The lowest BCUT2D eigenvalue weighted by molar-refractivity contribution is 0.443.